The number of hydrogen-bond donors (Lipinski definition) is 1. The van der Waals surface area contributed by atoms with Gasteiger partial charge in [-0.1, -0.05) is 31.2 Å². The molecule has 2 aromatic rings. The Hall–Kier alpha value is -1.94. The lowest BCUT2D eigenvalue weighted by molar-refractivity contribution is 0.567. The van der Waals surface area contributed by atoms with Crippen LogP contribution in [-0.4, -0.2) is 6.54 Å². The second kappa shape index (κ2) is 5.82. The summed E-state index contributed by atoms with van der Waals surface area (Å²) in [6, 6.07) is 10.8. The first-order chi connectivity index (χ1) is 10.2. The normalized spacial score (nSPS) is 13.6. The molecule has 21 heavy (non-hydrogen) atoms. The van der Waals surface area contributed by atoms with Gasteiger partial charge in [-0.25, -0.2) is 8.78 Å². The van der Waals surface area contributed by atoms with Gasteiger partial charge in [-0.05, 0) is 35.4 Å². The summed E-state index contributed by atoms with van der Waals surface area (Å²) in [6.45, 7) is 4.31. The third kappa shape index (κ3) is 2.76. The third-order valence-electron chi connectivity index (χ3n) is 3.81. The number of anilines is 1. The molecule has 2 aromatic carbocycles. The van der Waals surface area contributed by atoms with E-state index in [-0.39, 0.29) is 5.69 Å². The van der Waals surface area contributed by atoms with Gasteiger partial charge in [0, 0.05) is 19.6 Å². The minimum Gasteiger partial charge on any atom is -0.358 e. The molecule has 0 saturated carbocycles. The fourth-order valence-electron chi connectivity index (χ4n) is 2.78. The highest BCUT2D eigenvalue weighted by Gasteiger charge is 2.24. The van der Waals surface area contributed by atoms with Gasteiger partial charge in [-0.3, -0.25) is 0 Å². The molecule has 1 heterocycles. The van der Waals surface area contributed by atoms with Crippen molar-refractivity contribution < 1.29 is 8.78 Å². The molecule has 0 bridgehead atoms. The predicted molar refractivity (Wildman–Crippen MR) is 80.1 cm³/mol. The molecule has 1 aliphatic rings. The van der Waals surface area contributed by atoms with E-state index in [4.69, 9.17) is 0 Å². The second-order valence-corrected chi connectivity index (χ2v) is 5.31. The Morgan fingerprint density at radius 3 is 2.14 bits per heavy atom. The number of benzene rings is 2. The van der Waals surface area contributed by atoms with Gasteiger partial charge in [0.25, 0.3) is 0 Å². The van der Waals surface area contributed by atoms with Crippen molar-refractivity contribution >= 4 is 5.69 Å². The van der Waals surface area contributed by atoms with Crippen molar-refractivity contribution in [3.63, 3.8) is 0 Å². The molecule has 0 atom stereocenters. The fraction of sp³-hybridized carbons (Fsp3) is 0.294. The lowest BCUT2D eigenvalue weighted by Crippen LogP contribution is -2.19. The van der Waals surface area contributed by atoms with Crippen LogP contribution in [0.2, 0.25) is 0 Å². The Morgan fingerprint density at radius 2 is 1.62 bits per heavy atom. The topological polar surface area (TPSA) is 15.3 Å². The van der Waals surface area contributed by atoms with E-state index in [9.17, 15) is 8.78 Å². The lowest BCUT2D eigenvalue weighted by atomic mass is 10.1. The summed E-state index contributed by atoms with van der Waals surface area (Å²) in [4.78, 5) is 1.76. The van der Waals surface area contributed by atoms with E-state index in [2.05, 4.69) is 5.32 Å². The average molecular weight is 288 g/mol. The molecular weight excluding hydrogens is 270 g/mol. The van der Waals surface area contributed by atoms with E-state index in [1.165, 1.54) is 12.1 Å². The first kappa shape index (κ1) is 14.0. The quantitative estimate of drug-likeness (QED) is 0.925. The van der Waals surface area contributed by atoms with Crippen LogP contribution in [0.3, 0.4) is 0 Å². The van der Waals surface area contributed by atoms with Crippen molar-refractivity contribution in [3.8, 4) is 0 Å². The largest absolute Gasteiger partial charge is 0.358 e. The maximum Gasteiger partial charge on any atom is 0.149 e. The van der Waals surface area contributed by atoms with Crippen molar-refractivity contribution in [2.24, 2.45) is 0 Å². The van der Waals surface area contributed by atoms with Crippen LogP contribution in [-0.2, 0) is 19.6 Å². The average Bonchev–Trinajstić information content (AvgIpc) is 2.87. The molecule has 2 nitrogen and oxygen atoms in total. The summed E-state index contributed by atoms with van der Waals surface area (Å²) < 4.78 is 28.6. The molecule has 1 N–H and O–H groups in total. The van der Waals surface area contributed by atoms with Gasteiger partial charge >= 0.3 is 0 Å². The van der Waals surface area contributed by atoms with Crippen molar-refractivity contribution in [2.45, 2.75) is 26.6 Å². The summed E-state index contributed by atoms with van der Waals surface area (Å²) in [7, 11) is 0. The number of fused-ring (bicyclic) bond motifs is 1. The van der Waals surface area contributed by atoms with Crippen LogP contribution in [0, 0.1) is 11.6 Å². The molecule has 0 amide bonds. The van der Waals surface area contributed by atoms with Crippen molar-refractivity contribution in [1.82, 2.24) is 5.32 Å². The SMILES string of the molecule is CCNCc1cc(F)c(N2Cc3ccccc3C2)c(F)c1. The van der Waals surface area contributed by atoms with E-state index in [1.54, 1.807) is 4.90 Å². The van der Waals surface area contributed by atoms with Gasteiger partial charge in [0.05, 0.1) is 0 Å². The standard InChI is InChI=1S/C17H18F2N2/c1-2-20-9-12-7-15(18)17(16(19)8-12)21-10-13-5-3-4-6-14(13)11-21/h3-8,20H,2,9-11H2,1H3. The Balaban J connectivity index is 1.87. The molecular formula is C17H18F2N2. The minimum absolute atomic E-state index is 0.0754. The smallest absolute Gasteiger partial charge is 0.149 e. The molecule has 0 aromatic heterocycles. The number of halogens is 2. The molecule has 3 rings (SSSR count). The van der Waals surface area contributed by atoms with Crippen LogP contribution >= 0.6 is 0 Å². The fourth-order valence-corrected chi connectivity index (χ4v) is 2.78. The molecule has 0 unspecified atom stereocenters. The number of nitrogens with zero attached hydrogens (tertiary/aromatic N) is 1. The predicted octanol–water partition coefficient (Wildman–Crippen LogP) is 3.59. The van der Waals surface area contributed by atoms with Crippen molar-refractivity contribution in [1.29, 1.82) is 0 Å². The van der Waals surface area contributed by atoms with Crippen LogP contribution in [0.15, 0.2) is 36.4 Å². The Bertz CT molecular complexity index is 607. The molecule has 0 saturated heterocycles. The van der Waals surface area contributed by atoms with Crippen LogP contribution < -0.4 is 10.2 Å². The molecule has 1 aliphatic heterocycles. The van der Waals surface area contributed by atoms with E-state index < -0.39 is 11.6 Å². The highest BCUT2D eigenvalue weighted by atomic mass is 19.1. The zero-order valence-corrected chi connectivity index (χ0v) is 12.0. The summed E-state index contributed by atoms with van der Waals surface area (Å²) in [5.41, 5.74) is 2.97. The van der Waals surface area contributed by atoms with Crippen LogP contribution in [0.1, 0.15) is 23.6 Å². The maximum absolute atomic E-state index is 14.3. The number of rotatable bonds is 4. The molecule has 0 fully saturated rings. The van der Waals surface area contributed by atoms with Crippen molar-refractivity contribution in [3.05, 3.63) is 64.7 Å². The Morgan fingerprint density at radius 1 is 1.05 bits per heavy atom. The zero-order chi connectivity index (χ0) is 14.8. The first-order valence-corrected chi connectivity index (χ1v) is 7.19. The Labute approximate surface area is 123 Å². The highest BCUT2D eigenvalue weighted by Crippen LogP contribution is 2.32. The van der Waals surface area contributed by atoms with Crippen LogP contribution in [0.5, 0.6) is 0 Å². The molecule has 110 valence electrons. The second-order valence-electron chi connectivity index (χ2n) is 5.31. The van der Waals surface area contributed by atoms with E-state index in [0.29, 0.717) is 25.2 Å². The number of nitrogens with one attached hydrogen (secondary N) is 1. The van der Waals surface area contributed by atoms with E-state index in [0.717, 1.165) is 17.7 Å². The van der Waals surface area contributed by atoms with Gasteiger partial charge in [0.1, 0.15) is 17.3 Å². The van der Waals surface area contributed by atoms with Gasteiger partial charge in [0.15, 0.2) is 0 Å². The maximum atomic E-state index is 14.3. The molecule has 0 radical (unpaired) electrons. The molecule has 4 heteroatoms. The van der Waals surface area contributed by atoms with Gasteiger partial charge in [0.2, 0.25) is 0 Å². The minimum atomic E-state index is -0.490. The first-order valence-electron chi connectivity index (χ1n) is 7.19. The van der Waals surface area contributed by atoms with Crippen molar-refractivity contribution in [2.75, 3.05) is 11.4 Å². The summed E-state index contributed by atoms with van der Waals surface area (Å²) in [5.74, 6) is -0.980. The van der Waals surface area contributed by atoms with Gasteiger partial charge < -0.3 is 10.2 Å². The third-order valence-corrected chi connectivity index (χ3v) is 3.81. The van der Waals surface area contributed by atoms with Gasteiger partial charge in [-0.15, -0.1) is 0 Å². The van der Waals surface area contributed by atoms with E-state index >= 15 is 0 Å². The summed E-state index contributed by atoms with van der Waals surface area (Å²) >= 11 is 0. The Kier molecular flexibility index (Phi) is 3.88. The van der Waals surface area contributed by atoms with Gasteiger partial charge in [-0.2, -0.15) is 0 Å². The van der Waals surface area contributed by atoms with Crippen LogP contribution in [0.25, 0.3) is 0 Å². The van der Waals surface area contributed by atoms with E-state index in [1.807, 2.05) is 31.2 Å². The monoisotopic (exact) mass is 288 g/mol. The molecule has 0 spiro atoms. The summed E-state index contributed by atoms with van der Waals surface area (Å²) in [5, 5.41) is 3.08. The van der Waals surface area contributed by atoms with Crippen LogP contribution in [0.4, 0.5) is 14.5 Å². The lowest BCUT2D eigenvalue weighted by Gasteiger charge is -2.20. The molecule has 0 aliphatic carbocycles. The zero-order valence-electron chi connectivity index (χ0n) is 12.0. The highest BCUT2D eigenvalue weighted by molar-refractivity contribution is 5.54. The summed E-state index contributed by atoms with van der Waals surface area (Å²) in [6.07, 6.45) is 0. The number of hydrogen-bond acceptors (Lipinski definition) is 2.